The molecule has 2 aromatic heterocycles. The number of nitrogen functional groups attached to an aromatic ring is 1. The smallest absolute Gasteiger partial charge is 0.429 e. The minimum atomic E-state index is -2.24. The molecule has 0 unspecified atom stereocenters. The number of hydrogen-bond donors (Lipinski definition) is 3. The van der Waals surface area contributed by atoms with Crippen LogP contribution >= 0.6 is 0 Å². The number of fused-ring (bicyclic) bond motifs is 1. The maximum absolute atomic E-state index is 15.8. The lowest BCUT2D eigenvalue weighted by Gasteiger charge is -2.28. The topological polar surface area (TPSA) is 147 Å². The molecule has 2 aromatic rings. The first kappa shape index (κ1) is 21.0. The van der Waals surface area contributed by atoms with E-state index in [1.807, 2.05) is 0 Å². The van der Waals surface area contributed by atoms with Gasteiger partial charge in [0.1, 0.15) is 11.7 Å². The number of aliphatic hydroxyl groups excluding tert-OH is 1. The van der Waals surface area contributed by atoms with Crippen molar-refractivity contribution in [3.8, 4) is 0 Å². The van der Waals surface area contributed by atoms with Crippen LogP contribution in [0.5, 0.6) is 0 Å². The van der Waals surface area contributed by atoms with E-state index in [1.54, 1.807) is 27.8 Å². The van der Waals surface area contributed by atoms with Crippen molar-refractivity contribution in [1.29, 1.82) is 0 Å². The van der Waals surface area contributed by atoms with Crippen LogP contribution in [-0.2, 0) is 14.2 Å². The van der Waals surface area contributed by atoms with E-state index >= 15 is 4.39 Å². The summed E-state index contributed by atoms with van der Waals surface area (Å²) in [5.74, 6) is 0.326. The van der Waals surface area contributed by atoms with E-state index in [2.05, 4.69) is 20.3 Å². The second-order valence-corrected chi connectivity index (χ2v) is 7.87. The highest BCUT2D eigenvalue weighted by atomic mass is 19.1. The van der Waals surface area contributed by atoms with Gasteiger partial charge in [-0.3, -0.25) is 4.57 Å². The molecule has 0 saturated carbocycles. The number of nitrogens with two attached hydrogens (primary N) is 1. The van der Waals surface area contributed by atoms with Gasteiger partial charge in [-0.2, -0.15) is 9.97 Å². The second-order valence-electron chi connectivity index (χ2n) is 7.87. The quantitative estimate of drug-likeness (QED) is 0.629. The first-order valence-corrected chi connectivity index (χ1v) is 9.00. The molecule has 1 saturated heterocycles. The predicted molar refractivity (Wildman–Crippen MR) is 101 cm³/mol. The second kappa shape index (κ2) is 7.26. The van der Waals surface area contributed by atoms with Crippen LogP contribution < -0.4 is 11.1 Å². The van der Waals surface area contributed by atoms with Crippen molar-refractivity contribution in [2.45, 2.75) is 57.4 Å². The number of aromatic nitrogens is 4. The van der Waals surface area contributed by atoms with Crippen molar-refractivity contribution >= 4 is 29.1 Å². The number of nitrogens with one attached hydrogen (secondary N) is 1. The molecule has 0 spiro atoms. The van der Waals surface area contributed by atoms with Crippen LogP contribution in [0, 0.1) is 0 Å². The summed E-state index contributed by atoms with van der Waals surface area (Å²) in [7, 11) is 1.64. The number of hydrogen-bond acceptors (Lipinski definition) is 10. The van der Waals surface area contributed by atoms with Gasteiger partial charge in [0.15, 0.2) is 35.0 Å². The van der Waals surface area contributed by atoms with E-state index in [-0.39, 0.29) is 11.6 Å². The maximum atomic E-state index is 15.8. The molecule has 0 aliphatic carbocycles. The van der Waals surface area contributed by atoms with E-state index in [0.29, 0.717) is 11.3 Å². The van der Waals surface area contributed by atoms with Gasteiger partial charge in [-0.1, -0.05) is 0 Å². The molecule has 0 aromatic carbocycles. The Hall–Kier alpha value is -2.73. The molecular weight excluding hydrogens is 387 g/mol. The standard InChI is InChI=1S/C17H25FN6O5/c1-16(2,3)29-15(26)28-10-8(6-25)27-13(17(10,4)18)24-7-21-9-11(20-5)22-14(19)23-12(9)24/h7-8,10,13,25H,6H2,1-5H3,(H3,19,20,22,23)/t8-,10-,13-,17-/m1/s1. The van der Waals surface area contributed by atoms with E-state index < -0.39 is 42.5 Å². The fourth-order valence-electron chi connectivity index (χ4n) is 3.20. The lowest BCUT2D eigenvalue weighted by molar-refractivity contribution is -0.0721. The number of anilines is 2. The van der Waals surface area contributed by atoms with Crippen molar-refractivity contribution in [1.82, 2.24) is 19.5 Å². The molecule has 160 valence electrons. The fourth-order valence-corrected chi connectivity index (χ4v) is 3.20. The Morgan fingerprint density at radius 3 is 2.76 bits per heavy atom. The number of carbonyl (C=O) groups is 1. The molecule has 1 aliphatic heterocycles. The summed E-state index contributed by atoms with van der Waals surface area (Å²) in [6.45, 7) is 5.59. The van der Waals surface area contributed by atoms with Crippen LogP contribution in [-0.4, -0.2) is 67.9 Å². The van der Waals surface area contributed by atoms with Gasteiger partial charge in [0.2, 0.25) is 5.95 Å². The zero-order valence-corrected chi connectivity index (χ0v) is 16.8. The number of aliphatic hydroxyl groups is 1. The summed E-state index contributed by atoms with van der Waals surface area (Å²) in [6.07, 6.45) is -3.58. The molecule has 1 aliphatic rings. The third kappa shape index (κ3) is 3.90. The molecule has 12 heteroatoms. The van der Waals surface area contributed by atoms with E-state index in [1.165, 1.54) is 17.8 Å². The maximum Gasteiger partial charge on any atom is 0.509 e. The minimum absolute atomic E-state index is 0.0394. The Balaban J connectivity index is 1.96. The Bertz CT molecular complexity index is 912. The fraction of sp³-hybridized carbons (Fsp3) is 0.647. The summed E-state index contributed by atoms with van der Waals surface area (Å²) in [5, 5.41) is 12.5. The number of rotatable bonds is 4. The molecule has 0 radical (unpaired) electrons. The average molecular weight is 412 g/mol. The molecule has 1 fully saturated rings. The van der Waals surface area contributed by atoms with Gasteiger partial charge in [0, 0.05) is 7.05 Å². The zero-order chi connectivity index (χ0) is 21.6. The molecule has 0 bridgehead atoms. The molecule has 0 amide bonds. The highest BCUT2D eigenvalue weighted by Gasteiger charge is 2.58. The number of alkyl halides is 1. The molecule has 4 atom stereocenters. The number of imidazole rings is 1. The van der Waals surface area contributed by atoms with Crippen molar-refractivity contribution in [3.05, 3.63) is 6.33 Å². The number of nitrogens with zero attached hydrogens (tertiary/aromatic N) is 4. The monoisotopic (exact) mass is 412 g/mol. The lowest BCUT2D eigenvalue weighted by atomic mass is 9.98. The third-order valence-electron chi connectivity index (χ3n) is 4.40. The van der Waals surface area contributed by atoms with Crippen molar-refractivity contribution in [3.63, 3.8) is 0 Å². The highest BCUT2D eigenvalue weighted by molar-refractivity contribution is 5.84. The Morgan fingerprint density at radius 2 is 2.17 bits per heavy atom. The molecular formula is C17H25FN6O5. The van der Waals surface area contributed by atoms with Crippen LogP contribution in [0.4, 0.5) is 21.0 Å². The van der Waals surface area contributed by atoms with Crippen molar-refractivity contribution < 1.29 is 28.5 Å². The van der Waals surface area contributed by atoms with Crippen LogP contribution in [0.25, 0.3) is 11.2 Å². The number of ether oxygens (including phenoxy) is 3. The van der Waals surface area contributed by atoms with E-state index in [9.17, 15) is 9.90 Å². The number of carbonyl (C=O) groups excluding carboxylic acids is 1. The minimum Gasteiger partial charge on any atom is -0.429 e. The van der Waals surface area contributed by atoms with Gasteiger partial charge < -0.3 is 30.4 Å². The third-order valence-corrected chi connectivity index (χ3v) is 4.40. The van der Waals surface area contributed by atoms with Gasteiger partial charge in [-0.15, -0.1) is 0 Å². The summed E-state index contributed by atoms with van der Waals surface area (Å²) >= 11 is 0. The van der Waals surface area contributed by atoms with Crippen LogP contribution in [0.1, 0.15) is 33.9 Å². The first-order valence-electron chi connectivity index (χ1n) is 9.00. The van der Waals surface area contributed by atoms with Crippen molar-refractivity contribution in [2.75, 3.05) is 24.7 Å². The Kier molecular flexibility index (Phi) is 5.26. The summed E-state index contributed by atoms with van der Waals surface area (Å²) < 4.78 is 33.1. The van der Waals surface area contributed by atoms with Crippen molar-refractivity contribution in [2.24, 2.45) is 0 Å². The molecule has 29 heavy (non-hydrogen) atoms. The summed E-state index contributed by atoms with van der Waals surface area (Å²) in [6, 6.07) is 0. The molecule has 11 nitrogen and oxygen atoms in total. The largest absolute Gasteiger partial charge is 0.509 e. The van der Waals surface area contributed by atoms with Gasteiger partial charge in [0.25, 0.3) is 0 Å². The normalized spacial score (nSPS) is 27.2. The van der Waals surface area contributed by atoms with Gasteiger partial charge in [0.05, 0.1) is 12.9 Å². The predicted octanol–water partition coefficient (Wildman–Crippen LogP) is 1.39. The molecule has 3 heterocycles. The highest BCUT2D eigenvalue weighted by Crippen LogP contribution is 2.44. The van der Waals surface area contributed by atoms with E-state index in [0.717, 1.165) is 0 Å². The summed E-state index contributed by atoms with van der Waals surface area (Å²) in [4.78, 5) is 24.4. The molecule has 3 rings (SSSR count). The Labute approximate surface area is 166 Å². The Morgan fingerprint density at radius 1 is 1.48 bits per heavy atom. The van der Waals surface area contributed by atoms with E-state index in [4.69, 9.17) is 19.9 Å². The van der Waals surface area contributed by atoms with Crippen LogP contribution in [0.2, 0.25) is 0 Å². The number of halogens is 1. The molecule has 4 N–H and O–H groups in total. The SMILES string of the molecule is CNc1nc(N)nc2c1ncn2[C@@H]1O[C@H](CO)[C@@H](OC(=O)OC(C)(C)C)[C@@]1(C)F. The summed E-state index contributed by atoms with van der Waals surface area (Å²) in [5.41, 5.74) is 3.26. The van der Waals surface area contributed by atoms with Gasteiger partial charge in [-0.05, 0) is 27.7 Å². The lowest BCUT2D eigenvalue weighted by Crippen LogP contribution is -2.44. The zero-order valence-electron chi connectivity index (χ0n) is 16.8. The van der Waals surface area contributed by atoms with Crippen LogP contribution in [0.15, 0.2) is 6.33 Å². The van der Waals surface area contributed by atoms with Gasteiger partial charge in [-0.25, -0.2) is 14.2 Å². The van der Waals surface area contributed by atoms with Crippen LogP contribution in [0.3, 0.4) is 0 Å². The average Bonchev–Trinajstić information content (AvgIpc) is 3.11. The first-order chi connectivity index (χ1) is 13.5. The van der Waals surface area contributed by atoms with Gasteiger partial charge >= 0.3 is 6.16 Å².